The van der Waals surface area contributed by atoms with Crippen molar-refractivity contribution >= 4 is 29.6 Å². The monoisotopic (exact) mass is 853 g/mol. The molecule has 0 aliphatic rings. The molecule has 1 heterocycles. The molecule has 14 nitrogen and oxygen atoms in total. The first-order chi connectivity index (χ1) is 29.8. The van der Waals surface area contributed by atoms with Crippen molar-refractivity contribution in [3.8, 4) is 33.9 Å². The number of halogens is 1. The maximum absolute atomic E-state index is 14.3. The number of aromatic nitrogens is 1. The quantitative estimate of drug-likeness (QED) is 0.0148. The van der Waals surface area contributed by atoms with Crippen LogP contribution in [-0.4, -0.2) is 81.0 Å². The molecule has 0 bridgehead atoms. The first-order valence-corrected chi connectivity index (χ1v) is 20.2. The number of rotatable bonds is 22. The van der Waals surface area contributed by atoms with Gasteiger partial charge in [-0.3, -0.25) is 24.8 Å². The lowest BCUT2D eigenvalue weighted by Gasteiger charge is -2.20. The third-order valence-corrected chi connectivity index (χ3v) is 9.73. The van der Waals surface area contributed by atoms with Gasteiger partial charge in [0.2, 0.25) is 0 Å². The van der Waals surface area contributed by atoms with E-state index < -0.39 is 36.4 Å². The van der Waals surface area contributed by atoms with Gasteiger partial charge in [-0.25, -0.2) is 9.18 Å². The van der Waals surface area contributed by atoms with Crippen LogP contribution >= 0.6 is 0 Å². The number of benzene rings is 4. The highest BCUT2D eigenvalue weighted by Gasteiger charge is 2.31. The van der Waals surface area contributed by atoms with Crippen LogP contribution in [-0.2, 0) is 25.7 Å². The van der Waals surface area contributed by atoms with Gasteiger partial charge in [0, 0.05) is 29.6 Å². The number of aliphatic hydroxyl groups excluding tert-OH is 2. The van der Waals surface area contributed by atoms with Gasteiger partial charge in [-0.05, 0) is 103 Å². The number of unbranched alkanes of at least 4 members (excludes halogenated alkanes) is 1. The van der Waals surface area contributed by atoms with E-state index in [0.717, 1.165) is 5.56 Å². The molecule has 2 atom stereocenters. The van der Waals surface area contributed by atoms with E-state index in [1.165, 1.54) is 37.5 Å². The Balaban J connectivity index is 1.27. The van der Waals surface area contributed by atoms with Crippen LogP contribution in [0.15, 0.2) is 109 Å². The minimum absolute atomic E-state index is 0.0326. The number of methoxy groups -OCH3 is 1. The molecular weight excluding hydrogens is 802 g/mol. The van der Waals surface area contributed by atoms with E-state index >= 15 is 0 Å². The molecule has 62 heavy (non-hydrogen) atoms. The summed E-state index contributed by atoms with van der Waals surface area (Å²) >= 11 is 0. The normalized spacial score (nSPS) is 12.4. The second-order valence-electron chi connectivity index (χ2n) is 14.7. The number of aliphatic hydroxyl groups is 2. The third-order valence-electron chi connectivity index (χ3n) is 9.73. The minimum atomic E-state index is -1.26. The molecule has 4 aromatic carbocycles. The summed E-state index contributed by atoms with van der Waals surface area (Å²) in [7, 11) is 1.38. The maximum atomic E-state index is 14.3. The number of ether oxygens (including phenoxy) is 3. The van der Waals surface area contributed by atoms with Gasteiger partial charge in [-0.1, -0.05) is 68.4 Å². The van der Waals surface area contributed by atoms with Crippen LogP contribution in [0.4, 0.5) is 10.1 Å². The summed E-state index contributed by atoms with van der Waals surface area (Å²) in [6, 6.07) is 29.3. The molecule has 0 aliphatic carbocycles. The van der Waals surface area contributed by atoms with Gasteiger partial charge in [-0.2, -0.15) is 0 Å². The Labute approximate surface area is 359 Å². The van der Waals surface area contributed by atoms with Gasteiger partial charge in [0.25, 0.3) is 5.91 Å². The first kappa shape index (κ1) is 46.9. The van der Waals surface area contributed by atoms with Gasteiger partial charge in [0.05, 0.1) is 55.6 Å². The van der Waals surface area contributed by atoms with Crippen LogP contribution in [0, 0.1) is 5.82 Å². The summed E-state index contributed by atoms with van der Waals surface area (Å²) in [5.41, 5.74) is 5.09. The number of carbonyl (C=O) groups excluding carboxylic acids is 3. The van der Waals surface area contributed by atoms with E-state index in [2.05, 4.69) is 10.2 Å². The van der Waals surface area contributed by atoms with E-state index in [0.29, 0.717) is 52.2 Å². The first-order valence-electron chi connectivity index (χ1n) is 20.2. The Morgan fingerprint density at radius 3 is 2.18 bits per heavy atom. The summed E-state index contributed by atoms with van der Waals surface area (Å²) in [6.07, 6.45) is 0.801. The van der Waals surface area contributed by atoms with Gasteiger partial charge in [0.1, 0.15) is 5.82 Å². The topological polar surface area (TPSA) is 189 Å². The number of hydrogen-bond acceptors (Lipinski definition) is 12. The summed E-state index contributed by atoms with van der Waals surface area (Å²) in [4.78, 5) is 43.8. The largest absolute Gasteiger partial charge is 0.493 e. The van der Waals surface area contributed by atoms with Crippen molar-refractivity contribution in [1.29, 1.82) is 0 Å². The Morgan fingerprint density at radius 2 is 1.52 bits per heavy atom. The molecule has 1 amide bonds. The molecule has 0 radical (unpaired) electrons. The highest BCUT2D eigenvalue weighted by atomic mass is 19.1. The highest BCUT2D eigenvalue weighted by Crippen LogP contribution is 2.43. The number of para-hydroxylation sites is 1. The lowest BCUT2D eigenvalue weighted by molar-refractivity contribution is -0.492. The van der Waals surface area contributed by atoms with E-state index in [4.69, 9.17) is 24.6 Å². The zero-order chi connectivity index (χ0) is 44.6. The Kier molecular flexibility index (Phi) is 17.5. The minimum Gasteiger partial charge on any atom is -0.493 e. The van der Waals surface area contributed by atoms with Crippen molar-refractivity contribution in [3.05, 3.63) is 132 Å². The van der Waals surface area contributed by atoms with Crippen LogP contribution in [0.3, 0.4) is 0 Å². The number of nitrogens with zero attached hydrogens (tertiary/aromatic N) is 2. The van der Waals surface area contributed by atoms with E-state index in [-0.39, 0.29) is 61.3 Å². The Hall–Kier alpha value is -6.20. The standard InChI is InChI=1S/C47H52FN3O11/c1-31(2)45-44(47(56)49-36-14-8-5-9-15-36)43(33-12-6-4-7-13-33)46(34-18-20-35(48)21-19-34)50(45)25-24-37(52)29-38(53)30-42(55)62-39-22-16-32(28-40(39)59-3)17-23-41(54)60-26-10-11-27-61-51(57)58/h4-9,12-23,28,31,37-38,52-53,57-58H,10-11,24-27,29-30H2,1-3H3,(H,49,56)/b23-17+. The lowest BCUT2D eigenvalue weighted by Crippen LogP contribution is -2.24. The second kappa shape index (κ2) is 23.1. The van der Waals surface area contributed by atoms with Crippen LogP contribution in [0.5, 0.6) is 11.5 Å². The molecule has 2 unspecified atom stereocenters. The van der Waals surface area contributed by atoms with Crippen LogP contribution in [0.1, 0.15) is 73.5 Å². The number of hydrogen-bond donors (Lipinski definition) is 5. The van der Waals surface area contributed by atoms with Crippen LogP contribution < -0.4 is 14.8 Å². The number of esters is 2. The second-order valence-corrected chi connectivity index (χ2v) is 14.7. The molecule has 5 aromatic rings. The molecule has 0 aliphatic heterocycles. The average molecular weight is 854 g/mol. The fourth-order valence-corrected chi connectivity index (χ4v) is 6.97. The fourth-order valence-electron chi connectivity index (χ4n) is 6.97. The average Bonchev–Trinajstić information content (AvgIpc) is 3.60. The fraction of sp³-hybridized carbons (Fsp3) is 0.298. The number of carbonyl (C=O) groups is 3. The van der Waals surface area contributed by atoms with Crippen molar-refractivity contribution < 1.29 is 58.4 Å². The summed E-state index contributed by atoms with van der Waals surface area (Å²) in [5, 5.41) is 41.9. The molecule has 0 spiro atoms. The molecule has 0 saturated heterocycles. The lowest BCUT2D eigenvalue weighted by atomic mass is 9.94. The van der Waals surface area contributed by atoms with E-state index in [1.54, 1.807) is 36.4 Å². The predicted octanol–water partition coefficient (Wildman–Crippen LogP) is 8.19. The number of anilines is 1. The zero-order valence-corrected chi connectivity index (χ0v) is 34.8. The van der Waals surface area contributed by atoms with E-state index in [1.807, 2.05) is 66.9 Å². The molecular formula is C47H52FN3O11. The van der Waals surface area contributed by atoms with Gasteiger partial charge < -0.3 is 34.3 Å². The number of nitrogens with one attached hydrogen (secondary N) is 1. The molecule has 1 aromatic heterocycles. The van der Waals surface area contributed by atoms with Crippen LogP contribution in [0.25, 0.3) is 28.5 Å². The zero-order valence-electron chi connectivity index (χ0n) is 34.8. The van der Waals surface area contributed by atoms with Crippen molar-refractivity contribution in [2.24, 2.45) is 0 Å². The van der Waals surface area contributed by atoms with Crippen LogP contribution in [0.2, 0.25) is 0 Å². The molecule has 328 valence electrons. The van der Waals surface area contributed by atoms with Crippen molar-refractivity contribution in [1.82, 2.24) is 9.96 Å². The third kappa shape index (κ3) is 13.4. The van der Waals surface area contributed by atoms with Gasteiger partial charge in [0.15, 0.2) is 11.5 Å². The summed E-state index contributed by atoms with van der Waals surface area (Å²) in [6.45, 7) is 4.31. The predicted molar refractivity (Wildman–Crippen MR) is 229 cm³/mol. The van der Waals surface area contributed by atoms with Crippen molar-refractivity contribution in [3.63, 3.8) is 0 Å². The van der Waals surface area contributed by atoms with E-state index in [9.17, 15) is 29.0 Å². The summed E-state index contributed by atoms with van der Waals surface area (Å²) in [5.74, 6) is -1.99. The highest BCUT2D eigenvalue weighted by molar-refractivity contribution is 6.12. The van der Waals surface area contributed by atoms with Gasteiger partial charge in [-0.15, -0.1) is 0 Å². The molecule has 0 fully saturated rings. The molecule has 5 rings (SSSR count). The Morgan fingerprint density at radius 1 is 0.839 bits per heavy atom. The number of amides is 1. The SMILES string of the molecule is COc1cc(/C=C/C(=O)OCCCCON(O)O)ccc1OC(=O)CC(O)CC(O)CCn1c(-c2ccc(F)cc2)c(-c2ccccc2)c(C(=O)Nc2ccccc2)c1C(C)C. The van der Waals surface area contributed by atoms with Crippen molar-refractivity contribution in [2.45, 2.75) is 70.6 Å². The van der Waals surface area contributed by atoms with Crippen molar-refractivity contribution in [2.75, 3.05) is 25.6 Å². The summed E-state index contributed by atoms with van der Waals surface area (Å²) < 4.78 is 32.3. The van der Waals surface area contributed by atoms with Gasteiger partial charge >= 0.3 is 11.9 Å². The Bertz CT molecular complexity index is 2260. The molecule has 0 saturated carbocycles. The molecule has 5 N–H and O–H groups in total. The smallest absolute Gasteiger partial charge is 0.330 e. The molecule has 15 heteroatoms. The maximum Gasteiger partial charge on any atom is 0.330 e.